The van der Waals surface area contributed by atoms with Crippen LogP contribution in [-0.2, 0) is 13.7 Å². The van der Waals surface area contributed by atoms with Crippen LogP contribution in [0.25, 0.3) is 0 Å². The van der Waals surface area contributed by atoms with Crippen LogP contribution in [0.2, 0.25) is 0 Å². The Balaban J connectivity index is 2.19. The van der Waals surface area contributed by atoms with Crippen LogP contribution in [0.1, 0.15) is 29.8 Å². The van der Waals surface area contributed by atoms with Crippen molar-refractivity contribution in [2.45, 2.75) is 26.5 Å². The molecular formula is C15H21N3O. The van der Waals surface area contributed by atoms with Gasteiger partial charge in [-0.15, -0.1) is 0 Å². The summed E-state index contributed by atoms with van der Waals surface area (Å²) in [5.74, 6) is 0.933. The Kier molecular flexibility index (Phi) is 4.22. The fraction of sp³-hybridized carbons (Fsp3) is 0.400. The van der Waals surface area contributed by atoms with E-state index in [4.69, 9.17) is 4.74 Å². The van der Waals surface area contributed by atoms with E-state index < -0.39 is 0 Å². The van der Waals surface area contributed by atoms with Gasteiger partial charge in [-0.3, -0.25) is 0 Å². The third-order valence-electron chi connectivity index (χ3n) is 3.36. The summed E-state index contributed by atoms with van der Waals surface area (Å²) < 4.78 is 7.93. The second-order valence-corrected chi connectivity index (χ2v) is 4.84. The van der Waals surface area contributed by atoms with Crippen molar-refractivity contribution >= 4 is 0 Å². The Bertz CT molecular complexity index is 548. The highest BCUT2D eigenvalue weighted by Gasteiger charge is 2.11. The maximum absolute atomic E-state index is 5.97. The van der Waals surface area contributed by atoms with Crippen molar-refractivity contribution in [2.75, 3.05) is 7.05 Å². The van der Waals surface area contributed by atoms with Crippen LogP contribution in [0.5, 0.6) is 5.75 Å². The van der Waals surface area contributed by atoms with E-state index in [1.165, 1.54) is 11.1 Å². The van der Waals surface area contributed by atoms with E-state index in [0.29, 0.717) is 6.61 Å². The van der Waals surface area contributed by atoms with Crippen LogP contribution in [0.3, 0.4) is 0 Å². The molecule has 0 saturated heterocycles. The third kappa shape index (κ3) is 3.15. The molecule has 1 heterocycles. The second kappa shape index (κ2) is 5.89. The molecule has 0 aliphatic carbocycles. The van der Waals surface area contributed by atoms with E-state index in [9.17, 15) is 0 Å². The molecule has 0 radical (unpaired) electrons. The second-order valence-electron chi connectivity index (χ2n) is 4.84. The van der Waals surface area contributed by atoms with Crippen molar-refractivity contribution in [2.24, 2.45) is 7.05 Å². The van der Waals surface area contributed by atoms with Crippen LogP contribution < -0.4 is 10.1 Å². The van der Waals surface area contributed by atoms with E-state index in [1.807, 2.05) is 24.9 Å². The van der Waals surface area contributed by atoms with Gasteiger partial charge in [-0.25, -0.2) is 4.98 Å². The topological polar surface area (TPSA) is 39.1 Å². The molecule has 1 aromatic heterocycles. The summed E-state index contributed by atoms with van der Waals surface area (Å²) in [5, 5.41) is 3.25. The van der Waals surface area contributed by atoms with Crippen molar-refractivity contribution in [1.29, 1.82) is 0 Å². The molecule has 2 aromatic rings. The molecule has 19 heavy (non-hydrogen) atoms. The first-order valence-corrected chi connectivity index (χ1v) is 6.47. The first-order valence-electron chi connectivity index (χ1n) is 6.47. The van der Waals surface area contributed by atoms with E-state index >= 15 is 0 Å². The summed E-state index contributed by atoms with van der Waals surface area (Å²) in [4.78, 5) is 4.10. The number of imidazole rings is 1. The molecule has 0 aliphatic rings. The van der Waals surface area contributed by atoms with Crippen LogP contribution in [0.15, 0.2) is 30.7 Å². The highest BCUT2D eigenvalue weighted by molar-refractivity contribution is 5.39. The van der Waals surface area contributed by atoms with Crippen molar-refractivity contribution in [3.63, 3.8) is 0 Å². The Morgan fingerprint density at radius 2 is 2.21 bits per heavy atom. The quantitative estimate of drug-likeness (QED) is 0.897. The summed E-state index contributed by atoms with van der Waals surface area (Å²) in [5.41, 5.74) is 3.44. The van der Waals surface area contributed by atoms with E-state index in [2.05, 4.69) is 42.3 Å². The molecule has 0 spiro atoms. The lowest BCUT2D eigenvalue weighted by atomic mass is 10.1. The van der Waals surface area contributed by atoms with Crippen molar-refractivity contribution < 1.29 is 4.74 Å². The SMILES string of the molecule is CNC(C)c1ccc(C)cc1OCc1cncn1C. The van der Waals surface area contributed by atoms with Crippen LogP contribution >= 0.6 is 0 Å². The smallest absolute Gasteiger partial charge is 0.130 e. The summed E-state index contributed by atoms with van der Waals surface area (Å²) in [6, 6.07) is 6.58. The number of hydrogen-bond donors (Lipinski definition) is 1. The van der Waals surface area contributed by atoms with Crippen LogP contribution in [-0.4, -0.2) is 16.6 Å². The summed E-state index contributed by atoms with van der Waals surface area (Å²) in [6.07, 6.45) is 3.61. The fourth-order valence-electron chi connectivity index (χ4n) is 1.96. The minimum absolute atomic E-state index is 0.266. The van der Waals surface area contributed by atoms with Gasteiger partial charge in [-0.2, -0.15) is 0 Å². The van der Waals surface area contributed by atoms with Crippen molar-refractivity contribution in [1.82, 2.24) is 14.9 Å². The van der Waals surface area contributed by atoms with E-state index in [0.717, 1.165) is 11.4 Å². The van der Waals surface area contributed by atoms with E-state index in [-0.39, 0.29) is 6.04 Å². The molecule has 1 N–H and O–H groups in total. The predicted octanol–water partition coefficient (Wildman–Crippen LogP) is 2.59. The maximum atomic E-state index is 5.97. The third-order valence-corrected chi connectivity index (χ3v) is 3.36. The molecule has 102 valence electrons. The number of aromatic nitrogens is 2. The Morgan fingerprint density at radius 3 is 2.84 bits per heavy atom. The first-order chi connectivity index (χ1) is 9.11. The molecule has 1 aromatic carbocycles. The van der Waals surface area contributed by atoms with Gasteiger partial charge in [0.2, 0.25) is 0 Å². The Hall–Kier alpha value is -1.81. The number of nitrogens with one attached hydrogen (secondary N) is 1. The number of nitrogens with zero attached hydrogens (tertiary/aromatic N) is 2. The summed E-state index contributed by atoms with van der Waals surface area (Å²) in [6.45, 7) is 4.73. The van der Waals surface area contributed by atoms with Crippen LogP contribution in [0, 0.1) is 6.92 Å². The average Bonchev–Trinajstić information content (AvgIpc) is 2.81. The van der Waals surface area contributed by atoms with Crippen molar-refractivity contribution in [3.8, 4) is 5.75 Å². The lowest BCUT2D eigenvalue weighted by molar-refractivity contribution is 0.291. The van der Waals surface area contributed by atoms with Gasteiger partial charge in [0.1, 0.15) is 12.4 Å². The molecule has 0 aliphatic heterocycles. The minimum atomic E-state index is 0.266. The number of rotatable bonds is 5. The highest BCUT2D eigenvalue weighted by atomic mass is 16.5. The Labute approximate surface area is 114 Å². The molecule has 0 amide bonds. The molecule has 4 heteroatoms. The molecule has 2 rings (SSSR count). The fourth-order valence-corrected chi connectivity index (χ4v) is 1.96. The first kappa shape index (κ1) is 13.6. The lowest BCUT2D eigenvalue weighted by Gasteiger charge is -2.17. The van der Waals surface area contributed by atoms with Gasteiger partial charge in [-0.1, -0.05) is 12.1 Å². The van der Waals surface area contributed by atoms with Crippen LogP contribution in [0.4, 0.5) is 0 Å². The molecule has 0 saturated carbocycles. The maximum Gasteiger partial charge on any atom is 0.130 e. The lowest BCUT2D eigenvalue weighted by Crippen LogP contribution is -2.14. The monoisotopic (exact) mass is 259 g/mol. The number of hydrogen-bond acceptors (Lipinski definition) is 3. The molecule has 0 fully saturated rings. The zero-order valence-electron chi connectivity index (χ0n) is 12.0. The molecule has 0 bridgehead atoms. The largest absolute Gasteiger partial charge is 0.487 e. The standard InChI is InChI=1S/C15H21N3O/c1-11-5-6-14(12(2)16-3)15(7-11)19-9-13-8-17-10-18(13)4/h5-8,10,12,16H,9H2,1-4H3. The zero-order valence-corrected chi connectivity index (χ0v) is 12.0. The average molecular weight is 259 g/mol. The molecule has 1 unspecified atom stereocenters. The summed E-state index contributed by atoms with van der Waals surface area (Å²) >= 11 is 0. The van der Waals surface area contributed by atoms with Gasteiger partial charge in [0.25, 0.3) is 0 Å². The van der Waals surface area contributed by atoms with Gasteiger partial charge in [0, 0.05) is 18.7 Å². The summed E-state index contributed by atoms with van der Waals surface area (Å²) in [7, 11) is 3.93. The Morgan fingerprint density at radius 1 is 1.42 bits per heavy atom. The molecular weight excluding hydrogens is 238 g/mol. The van der Waals surface area contributed by atoms with Gasteiger partial charge >= 0.3 is 0 Å². The minimum Gasteiger partial charge on any atom is -0.487 e. The van der Waals surface area contributed by atoms with Gasteiger partial charge < -0.3 is 14.6 Å². The molecule has 4 nitrogen and oxygen atoms in total. The van der Waals surface area contributed by atoms with Gasteiger partial charge in [-0.05, 0) is 32.5 Å². The van der Waals surface area contributed by atoms with Gasteiger partial charge in [0.15, 0.2) is 0 Å². The number of ether oxygens (including phenoxy) is 1. The molecule has 1 atom stereocenters. The van der Waals surface area contributed by atoms with Crippen molar-refractivity contribution in [3.05, 3.63) is 47.5 Å². The number of aryl methyl sites for hydroxylation is 2. The predicted molar refractivity (Wildman–Crippen MR) is 76.2 cm³/mol. The highest BCUT2D eigenvalue weighted by Crippen LogP contribution is 2.26. The normalized spacial score (nSPS) is 12.4. The number of benzene rings is 1. The van der Waals surface area contributed by atoms with Gasteiger partial charge in [0.05, 0.1) is 18.2 Å². The zero-order chi connectivity index (χ0) is 13.8. The van der Waals surface area contributed by atoms with E-state index in [1.54, 1.807) is 6.33 Å².